The van der Waals surface area contributed by atoms with Gasteiger partial charge in [-0.05, 0) is 20.5 Å². The van der Waals surface area contributed by atoms with Gasteiger partial charge in [0.15, 0.2) is 0 Å². The summed E-state index contributed by atoms with van der Waals surface area (Å²) >= 11 is 0. The maximum atomic E-state index is 3.86. The molecule has 2 heteroatoms. The van der Waals surface area contributed by atoms with Crippen molar-refractivity contribution in [2.45, 2.75) is 13.8 Å². The van der Waals surface area contributed by atoms with Crippen LogP contribution >= 0.6 is 0 Å². The summed E-state index contributed by atoms with van der Waals surface area (Å²) in [6.07, 6.45) is 0. The number of hydrogen-bond donors (Lipinski definition) is 1. The van der Waals surface area contributed by atoms with Gasteiger partial charge in [-0.2, -0.15) is 0 Å². The second-order valence-corrected chi connectivity index (χ2v) is 3.05. The molecule has 0 aromatic carbocycles. The van der Waals surface area contributed by atoms with Gasteiger partial charge in [-0.1, -0.05) is 19.1 Å². The lowest BCUT2D eigenvalue weighted by Crippen LogP contribution is -2.30. The van der Waals surface area contributed by atoms with E-state index in [-0.39, 0.29) is 0 Å². The van der Waals surface area contributed by atoms with E-state index in [1.54, 1.807) is 0 Å². The van der Waals surface area contributed by atoms with Crippen molar-refractivity contribution >= 4 is 0 Å². The largest absolute Gasteiger partial charge is 0.316 e. The highest BCUT2D eigenvalue weighted by Gasteiger charge is 1.95. The summed E-state index contributed by atoms with van der Waals surface area (Å²) in [6.45, 7) is 12.3. The molecule has 0 amide bonds. The molecule has 11 heavy (non-hydrogen) atoms. The van der Waals surface area contributed by atoms with Crippen LogP contribution in [0.4, 0.5) is 0 Å². The minimum atomic E-state index is 1.01. The zero-order chi connectivity index (χ0) is 8.69. The van der Waals surface area contributed by atoms with Crippen molar-refractivity contribution in [2.24, 2.45) is 0 Å². The predicted molar refractivity (Wildman–Crippen MR) is 50.9 cm³/mol. The van der Waals surface area contributed by atoms with Gasteiger partial charge in [-0.15, -0.1) is 0 Å². The fourth-order valence-electron chi connectivity index (χ4n) is 0.987. The first-order valence-corrected chi connectivity index (χ1v) is 4.20. The minimum Gasteiger partial charge on any atom is -0.316 e. The van der Waals surface area contributed by atoms with Gasteiger partial charge in [0.05, 0.1) is 0 Å². The molecule has 2 nitrogen and oxygen atoms in total. The molecule has 0 aliphatic rings. The molecule has 0 aromatic rings. The van der Waals surface area contributed by atoms with Crippen molar-refractivity contribution < 1.29 is 0 Å². The smallest absolute Gasteiger partial charge is 0.0184 e. The van der Waals surface area contributed by atoms with Gasteiger partial charge < -0.3 is 10.2 Å². The molecule has 0 spiro atoms. The summed E-state index contributed by atoms with van der Waals surface area (Å²) in [4.78, 5) is 2.27. The summed E-state index contributed by atoms with van der Waals surface area (Å²) in [5, 5.41) is 3.28. The number of nitrogens with one attached hydrogen (secondary N) is 1. The summed E-state index contributed by atoms with van der Waals surface area (Å²) in [5.41, 5.74) is 1.23. The zero-order valence-electron chi connectivity index (χ0n) is 7.98. The Morgan fingerprint density at radius 3 is 2.64 bits per heavy atom. The monoisotopic (exact) mass is 156 g/mol. The lowest BCUT2D eigenvalue weighted by Gasteiger charge is -2.16. The van der Waals surface area contributed by atoms with Crippen LogP contribution in [0.2, 0.25) is 0 Å². The SMILES string of the molecule is C=C(C)CN(C)CCNCC. The van der Waals surface area contributed by atoms with Crippen LogP contribution in [0.3, 0.4) is 0 Å². The van der Waals surface area contributed by atoms with Gasteiger partial charge in [-0.3, -0.25) is 0 Å². The Morgan fingerprint density at radius 2 is 2.18 bits per heavy atom. The number of rotatable bonds is 6. The highest BCUT2D eigenvalue weighted by molar-refractivity contribution is 4.90. The molecule has 0 rings (SSSR count). The summed E-state index contributed by atoms with van der Waals surface area (Å²) < 4.78 is 0. The molecule has 1 N–H and O–H groups in total. The van der Waals surface area contributed by atoms with E-state index in [0.29, 0.717) is 0 Å². The van der Waals surface area contributed by atoms with Crippen molar-refractivity contribution in [2.75, 3.05) is 33.2 Å². The molecule has 0 aromatic heterocycles. The van der Waals surface area contributed by atoms with Crippen molar-refractivity contribution in [3.05, 3.63) is 12.2 Å². The average molecular weight is 156 g/mol. The maximum Gasteiger partial charge on any atom is 0.0184 e. The van der Waals surface area contributed by atoms with Gasteiger partial charge in [0.2, 0.25) is 0 Å². The Morgan fingerprint density at radius 1 is 1.55 bits per heavy atom. The van der Waals surface area contributed by atoms with Gasteiger partial charge in [0.1, 0.15) is 0 Å². The first-order chi connectivity index (χ1) is 5.16. The molecule has 0 unspecified atom stereocenters. The lowest BCUT2D eigenvalue weighted by atomic mass is 10.3. The van der Waals surface area contributed by atoms with Crippen LogP contribution < -0.4 is 5.32 Å². The van der Waals surface area contributed by atoms with Gasteiger partial charge in [0, 0.05) is 19.6 Å². The van der Waals surface area contributed by atoms with Crippen LogP contribution in [-0.4, -0.2) is 38.1 Å². The van der Waals surface area contributed by atoms with E-state index >= 15 is 0 Å². The van der Waals surface area contributed by atoms with E-state index in [0.717, 1.165) is 26.2 Å². The second-order valence-electron chi connectivity index (χ2n) is 3.05. The second kappa shape index (κ2) is 6.38. The molecule has 0 aliphatic carbocycles. The number of likely N-dealkylation sites (N-methyl/N-ethyl adjacent to an activating group) is 2. The topological polar surface area (TPSA) is 15.3 Å². The predicted octanol–water partition coefficient (Wildman–Crippen LogP) is 1.10. The summed E-state index contributed by atoms with van der Waals surface area (Å²) in [6, 6.07) is 0. The molecular formula is C9H20N2. The van der Waals surface area contributed by atoms with Gasteiger partial charge >= 0.3 is 0 Å². The van der Waals surface area contributed by atoms with E-state index in [4.69, 9.17) is 0 Å². The van der Waals surface area contributed by atoms with Crippen molar-refractivity contribution in [1.29, 1.82) is 0 Å². The van der Waals surface area contributed by atoms with Crippen LogP contribution in [0.1, 0.15) is 13.8 Å². The van der Waals surface area contributed by atoms with Crippen LogP contribution in [0.25, 0.3) is 0 Å². The molecule has 66 valence electrons. The highest BCUT2D eigenvalue weighted by Crippen LogP contribution is 1.90. The molecule has 0 saturated carbocycles. The Labute approximate surface area is 70.3 Å². The average Bonchev–Trinajstić information content (AvgIpc) is 1.86. The summed E-state index contributed by atoms with van der Waals surface area (Å²) in [5.74, 6) is 0. The van der Waals surface area contributed by atoms with E-state index in [1.165, 1.54) is 5.57 Å². The third-order valence-electron chi connectivity index (χ3n) is 1.46. The Kier molecular flexibility index (Phi) is 6.18. The number of nitrogens with zero attached hydrogens (tertiary/aromatic N) is 1. The fourth-order valence-corrected chi connectivity index (χ4v) is 0.987. The molecule has 0 aliphatic heterocycles. The molecule has 0 atom stereocenters. The Bertz CT molecular complexity index is 110. The summed E-state index contributed by atoms with van der Waals surface area (Å²) in [7, 11) is 2.12. The molecule has 0 fully saturated rings. The van der Waals surface area contributed by atoms with Gasteiger partial charge in [0.25, 0.3) is 0 Å². The third kappa shape index (κ3) is 7.56. The minimum absolute atomic E-state index is 1.01. The quantitative estimate of drug-likeness (QED) is 0.458. The van der Waals surface area contributed by atoms with E-state index < -0.39 is 0 Å². The lowest BCUT2D eigenvalue weighted by molar-refractivity contribution is 0.360. The first-order valence-electron chi connectivity index (χ1n) is 4.20. The van der Waals surface area contributed by atoms with E-state index in [1.807, 2.05) is 0 Å². The normalized spacial score (nSPS) is 10.5. The Hall–Kier alpha value is -0.340. The van der Waals surface area contributed by atoms with E-state index in [9.17, 15) is 0 Å². The Balaban J connectivity index is 3.22. The number of hydrogen-bond acceptors (Lipinski definition) is 2. The third-order valence-corrected chi connectivity index (χ3v) is 1.46. The van der Waals surface area contributed by atoms with Crippen molar-refractivity contribution in [3.63, 3.8) is 0 Å². The zero-order valence-corrected chi connectivity index (χ0v) is 7.98. The van der Waals surface area contributed by atoms with Crippen LogP contribution in [-0.2, 0) is 0 Å². The molecule has 0 heterocycles. The molecule has 0 saturated heterocycles. The fraction of sp³-hybridized carbons (Fsp3) is 0.778. The first kappa shape index (κ1) is 10.7. The molecular weight excluding hydrogens is 136 g/mol. The highest BCUT2D eigenvalue weighted by atomic mass is 15.1. The van der Waals surface area contributed by atoms with Gasteiger partial charge in [-0.25, -0.2) is 0 Å². The van der Waals surface area contributed by atoms with Crippen LogP contribution in [0.5, 0.6) is 0 Å². The maximum absolute atomic E-state index is 3.86. The van der Waals surface area contributed by atoms with E-state index in [2.05, 4.69) is 37.7 Å². The molecule has 0 bridgehead atoms. The molecule has 0 radical (unpaired) electrons. The van der Waals surface area contributed by atoms with Crippen LogP contribution in [0.15, 0.2) is 12.2 Å². The van der Waals surface area contributed by atoms with Crippen LogP contribution in [0, 0.1) is 0 Å². The van der Waals surface area contributed by atoms with Crippen molar-refractivity contribution in [1.82, 2.24) is 10.2 Å². The van der Waals surface area contributed by atoms with Crippen molar-refractivity contribution in [3.8, 4) is 0 Å². The standard InChI is InChI=1S/C9H20N2/c1-5-10-6-7-11(4)8-9(2)3/h10H,2,5-8H2,1,3-4H3.